The lowest BCUT2D eigenvalue weighted by molar-refractivity contribution is 0.0790. The first kappa shape index (κ1) is 27.0. The number of hydrogen-bond donors (Lipinski definition) is 5. The quantitative estimate of drug-likeness (QED) is 0.0954. The molecule has 1 spiro atoms. The Hall–Kier alpha value is -5.83. The van der Waals surface area contributed by atoms with Crippen molar-refractivity contribution in [2.24, 2.45) is 5.10 Å². The zero-order valence-electron chi connectivity index (χ0n) is 22.3. The summed E-state index contributed by atoms with van der Waals surface area (Å²) in [6.07, 6.45) is 4.49. The number of halogens is 1. The second kappa shape index (κ2) is 9.08. The number of nitrogens with zero attached hydrogens (tertiary/aromatic N) is 4. The van der Waals surface area contributed by atoms with Crippen molar-refractivity contribution in [3.8, 4) is 17.2 Å². The molecule has 15 nitrogen and oxygen atoms in total. The first-order chi connectivity index (χ1) is 21.0. The molecule has 0 radical (unpaired) electrons. The Morgan fingerprint density at radius 2 is 1.68 bits per heavy atom. The molecular formula is C28H17ClN6O9. The lowest BCUT2D eigenvalue weighted by Crippen LogP contribution is -2.36. The Labute approximate surface area is 249 Å². The fourth-order valence-corrected chi connectivity index (χ4v) is 6.63. The molecule has 0 saturated heterocycles. The van der Waals surface area contributed by atoms with Crippen molar-refractivity contribution in [3.63, 3.8) is 0 Å². The number of aromatic hydroxyl groups is 3. The Morgan fingerprint density at radius 3 is 2.34 bits per heavy atom. The Bertz CT molecular complexity index is 2180. The molecule has 0 bridgehead atoms. The maximum Gasteiger partial charge on any atom is 0.260 e. The zero-order valence-corrected chi connectivity index (χ0v) is 23.0. The Morgan fingerprint density at radius 1 is 1.02 bits per heavy atom. The summed E-state index contributed by atoms with van der Waals surface area (Å²) in [5.41, 5.74) is -3.02. The SMILES string of the molecule is COC1=CC(=O)c2c(O)c3c(c(O)c2C1=O)C(=O)[C@]1(CCc2c1c(O)c1c(=O)[nH]c(/C=N/Nn4cnnc4)cc1c2Cl)C3=O. The third kappa shape index (κ3) is 3.26. The van der Waals surface area contributed by atoms with Gasteiger partial charge < -0.3 is 25.0 Å². The molecule has 5 N–H and O–H groups in total. The van der Waals surface area contributed by atoms with Crippen LogP contribution in [0.15, 0.2) is 40.5 Å². The number of Topliss-reactive ketones (excluding diaryl/α,β-unsaturated/α-hetero) is 3. The number of phenolic OH excluding ortho intramolecular Hbond substituents is 3. The van der Waals surface area contributed by atoms with Crippen LogP contribution >= 0.6 is 11.6 Å². The van der Waals surface area contributed by atoms with Gasteiger partial charge in [0.25, 0.3) is 5.56 Å². The fourth-order valence-electron chi connectivity index (χ4n) is 6.29. The molecule has 3 aliphatic rings. The van der Waals surface area contributed by atoms with Crippen LogP contribution in [0.5, 0.6) is 17.2 Å². The number of ketones is 4. The van der Waals surface area contributed by atoms with Gasteiger partial charge in [-0.2, -0.15) is 5.10 Å². The summed E-state index contributed by atoms with van der Waals surface area (Å²) < 4.78 is 6.24. The van der Waals surface area contributed by atoms with Gasteiger partial charge in [0.05, 0.1) is 51.7 Å². The Kier molecular flexibility index (Phi) is 5.58. The molecule has 2 aromatic heterocycles. The Balaban J connectivity index is 1.41. The maximum atomic E-state index is 14.1. The molecule has 0 fully saturated rings. The van der Waals surface area contributed by atoms with Crippen LogP contribution in [0.3, 0.4) is 0 Å². The summed E-state index contributed by atoms with van der Waals surface area (Å²) >= 11 is 6.75. The van der Waals surface area contributed by atoms with Gasteiger partial charge in [0.15, 0.2) is 23.1 Å². The number of allylic oxidation sites excluding steroid dienone is 2. The second-order valence-corrected chi connectivity index (χ2v) is 10.6. The zero-order chi connectivity index (χ0) is 31.2. The summed E-state index contributed by atoms with van der Waals surface area (Å²) in [5.74, 6) is -7.06. The molecule has 16 heteroatoms. The van der Waals surface area contributed by atoms with Gasteiger partial charge in [0, 0.05) is 17.0 Å². The van der Waals surface area contributed by atoms with E-state index in [0.29, 0.717) is 0 Å². The van der Waals surface area contributed by atoms with Gasteiger partial charge in [0.2, 0.25) is 5.78 Å². The number of rotatable bonds is 4. The van der Waals surface area contributed by atoms with Crippen LogP contribution in [0.1, 0.15) is 64.7 Å². The molecule has 4 aromatic rings. The van der Waals surface area contributed by atoms with Crippen molar-refractivity contribution in [2.45, 2.75) is 18.3 Å². The molecule has 44 heavy (non-hydrogen) atoms. The van der Waals surface area contributed by atoms with E-state index in [4.69, 9.17) is 16.3 Å². The molecule has 0 aliphatic heterocycles. The highest BCUT2D eigenvalue weighted by Crippen LogP contribution is 2.58. The number of carbonyl (C=O) groups is 4. The van der Waals surface area contributed by atoms with Crippen LogP contribution in [0.25, 0.3) is 10.8 Å². The highest BCUT2D eigenvalue weighted by molar-refractivity contribution is 6.41. The minimum absolute atomic E-state index is 0.0109. The molecule has 2 heterocycles. The average molecular weight is 617 g/mol. The van der Waals surface area contributed by atoms with Gasteiger partial charge in [-0.1, -0.05) is 11.6 Å². The highest BCUT2D eigenvalue weighted by Gasteiger charge is 2.62. The summed E-state index contributed by atoms with van der Waals surface area (Å²) in [4.78, 5) is 69.8. The third-order valence-electron chi connectivity index (χ3n) is 8.16. The van der Waals surface area contributed by atoms with Crippen LogP contribution in [0.2, 0.25) is 5.02 Å². The van der Waals surface area contributed by atoms with Crippen LogP contribution in [0.4, 0.5) is 0 Å². The normalized spacial score (nSPS) is 18.7. The van der Waals surface area contributed by atoms with Crippen molar-refractivity contribution >= 4 is 51.7 Å². The fraction of sp³-hybridized carbons (Fsp3) is 0.143. The minimum Gasteiger partial charge on any atom is -0.507 e. The van der Waals surface area contributed by atoms with E-state index < -0.39 is 79.4 Å². The van der Waals surface area contributed by atoms with Gasteiger partial charge in [-0.25, -0.2) is 10.2 Å². The van der Waals surface area contributed by atoms with E-state index in [0.717, 1.165) is 13.2 Å². The summed E-state index contributed by atoms with van der Waals surface area (Å²) in [7, 11) is 1.12. The standard InChI is InChI=1S/C28H17ClN6O9/c1-44-13-5-12(36)15-16(21(13)37)23(39)18-17(22(15)38)25(41)28(26(18)42)3-2-10-19(28)24(40)14-11(20(10)29)4-9(33-27(14)43)6-30-34-35-7-31-32-8-35/h4-8,34,38-40H,2-3H2,1H3,(H,33,43)/b30-6+/t28-/m0/s1. The largest absolute Gasteiger partial charge is 0.507 e. The van der Waals surface area contributed by atoms with Crippen molar-refractivity contribution in [2.75, 3.05) is 12.6 Å². The number of benzene rings is 2. The molecule has 0 saturated carbocycles. The number of hydrazone groups is 1. The number of H-pyrrole nitrogens is 1. The predicted molar refractivity (Wildman–Crippen MR) is 150 cm³/mol. The molecular weight excluding hydrogens is 600 g/mol. The number of pyridine rings is 1. The topological polar surface area (TPSA) is 226 Å². The van der Waals surface area contributed by atoms with Gasteiger partial charge in [-0.05, 0) is 24.5 Å². The monoisotopic (exact) mass is 616 g/mol. The van der Waals surface area contributed by atoms with Crippen molar-refractivity contribution < 1.29 is 39.2 Å². The van der Waals surface area contributed by atoms with E-state index in [1.165, 1.54) is 29.6 Å². The molecule has 220 valence electrons. The first-order valence-electron chi connectivity index (χ1n) is 12.8. The number of hydrogen-bond acceptors (Lipinski definition) is 13. The van der Waals surface area contributed by atoms with Crippen LogP contribution in [-0.2, 0) is 16.6 Å². The number of fused-ring (bicyclic) bond motifs is 5. The second-order valence-electron chi connectivity index (χ2n) is 10.3. The molecule has 0 amide bonds. The van der Waals surface area contributed by atoms with Gasteiger partial charge in [0.1, 0.15) is 35.3 Å². The summed E-state index contributed by atoms with van der Waals surface area (Å²) in [5, 5.41) is 44.7. The number of ether oxygens (including phenoxy) is 1. The minimum atomic E-state index is -2.21. The van der Waals surface area contributed by atoms with E-state index in [9.17, 15) is 39.3 Å². The smallest absolute Gasteiger partial charge is 0.260 e. The molecule has 2 aromatic carbocycles. The third-order valence-corrected chi connectivity index (χ3v) is 8.59. The van der Waals surface area contributed by atoms with Crippen LogP contribution in [-0.4, -0.2) is 71.6 Å². The lowest BCUT2D eigenvalue weighted by atomic mass is 9.76. The van der Waals surface area contributed by atoms with Crippen molar-refractivity contribution in [1.29, 1.82) is 0 Å². The summed E-state index contributed by atoms with van der Waals surface area (Å²) in [6, 6.07) is 1.44. The van der Waals surface area contributed by atoms with Gasteiger partial charge in [-0.3, -0.25) is 24.0 Å². The lowest BCUT2D eigenvalue weighted by Gasteiger charge is -2.23. The maximum absolute atomic E-state index is 14.1. The molecule has 1 atom stereocenters. The summed E-state index contributed by atoms with van der Waals surface area (Å²) in [6.45, 7) is 0. The van der Waals surface area contributed by atoms with Crippen molar-refractivity contribution in [3.05, 3.63) is 85.0 Å². The van der Waals surface area contributed by atoms with Crippen molar-refractivity contribution in [1.82, 2.24) is 19.9 Å². The number of nitrogens with one attached hydrogen (secondary N) is 2. The van der Waals surface area contributed by atoms with E-state index in [-0.39, 0.29) is 45.5 Å². The van der Waals surface area contributed by atoms with E-state index in [1.54, 1.807) is 0 Å². The predicted octanol–water partition coefficient (Wildman–Crippen LogP) is 1.64. The molecule has 7 rings (SSSR count). The number of aromatic amines is 1. The number of aromatic nitrogens is 4. The molecule has 3 aliphatic carbocycles. The van der Waals surface area contributed by atoms with E-state index in [1.807, 2.05) is 0 Å². The molecule has 0 unspecified atom stereocenters. The van der Waals surface area contributed by atoms with Crippen LogP contribution in [0, 0.1) is 0 Å². The highest BCUT2D eigenvalue weighted by atomic mass is 35.5. The van der Waals surface area contributed by atoms with E-state index in [2.05, 4.69) is 25.8 Å². The average Bonchev–Trinajstić information content (AvgIpc) is 3.71. The number of phenols is 3. The van der Waals surface area contributed by atoms with Crippen LogP contribution < -0.4 is 11.1 Å². The first-order valence-corrected chi connectivity index (χ1v) is 13.2. The van der Waals surface area contributed by atoms with E-state index >= 15 is 0 Å². The number of carbonyl (C=O) groups excluding carboxylic acids is 4. The number of methoxy groups -OCH3 is 1. The van der Waals surface area contributed by atoms with Gasteiger partial charge in [-0.15, -0.1) is 10.2 Å². The van der Waals surface area contributed by atoms with Gasteiger partial charge >= 0.3 is 0 Å².